The molecule has 17 heavy (non-hydrogen) atoms. The monoisotopic (exact) mass is 235 g/mol. The van der Waals surface area contributed by atoms with E-state index in [-0.39, 0.29) is 5.97 Å². The van der Waals surface area contributed by atoms with Crippen molar-refractivity contribution in [1.29, 1.82) is 0 Å². The fourth-order valence-corrected chi connectivity index (χ4v) is 1.65. The van der Waals surface area contributed by atoms with Gasteiger partial charge in [-0.05, 0) is 38.3 Å². The van der Waals surface area contributed by atoms with Gasteiger partial charge in [0, 0.05) is 0 Å². The van der Waals surface area contributed by atoms with Crippen molar-refractivity contribution < 1.29 is 9.53 Å². The molecule has 1 atom stereocenters. The van der Waals surface area contributed by atoms with E-state index >= 15 is 0 Å². The Balaban J connectivity index is 2.89. The summed E-state index contributed by atoms with van der Waals surface area (Å²) in [6.07, 6.45) is 0.854. The van der Waals surface area contributed by atoms with Gasteiger partial charge < -0.3 is 10.5 Å². The van der Waals surface area contributed by atoms with Gasteiger partial charge in [-0.2, -0.15) is 0 Å². The van der Waals surface area contributed by atoms with Gasteiger partial charge in [-0.15, -0.1) is 0 Å². The average molecular weight is 235 g/mol. The highest BCUT2D eigenvalue weighted by Gasteiger charge is 2.24. The highest BCUT2D eigenvalue weighted by Crippen LogP contribution is 2.20. The van der Waals surface area contributed by atoms with Crippen LogP contribution in [0.3, 0.4) is 0 Å². The summed E-state index contributed by atoms with van der Waals surface area (Å²) in [7, 11) is 0. The van der Waals surface area contributed by atoms with E-state index in [0.717, 1.165) is 17.5 Å². The van der Waals surface area contributed by atoms with Crippen molar-refractivity contribution in [3.63, 3.8) is 0 Å². The molecule has 1 aromatic carbocycles. The molecule has 0 aromatic heterocycles. The van der Waals surface area contributed by atoms with Crippen LogP contribution in [-0.2, 0) is 16.0 Å². The van der Waals surface area contributed by atoms with Crippen molar-refractivity contribution in [2.24, 2.45) is 5.73 Å². The lowest BCUT2D eigenvalue weighted by Crippen LogP contribution is -2.32. The van der Waals surface area contributed by atoms with Crippen LogP contribution in [0.1, 0.15) is 44.9 Å². The number of nitrogens with two attached hydrogens (primary N) is 1. The summed E-state index contributed by atoms with van der Waals surface area (Å²) in [6, 6.07) is 7.00. The van der Waals surface area contributed by atoms with Crippen LogP contribution in [0.2, 0.25) is 0 Å². The number of rotatable bonds is 3. The van der Waals surface area contributed by atoms with Gasteiger partial charge in [-0.1, -0.05) is 31.2 Å². The molecule has 0 aliphatic heterocycles. The first-order valence-electron chi connectivity index (χ1n) is 5.91. The Bertz CT molecular complexity index is 393. The maximum absolute atomic E-state index is 11.9. The van der Waals surface area contributed by atoms with Crippen LogP contribution < -0.4 is 5.73 Å². The molecule has 2 N–H and O–H groups in total. The minimum absolute atomic E-state index is 0.376. The molecule has 3 nitrogen and oxygen atoms in total. The Hall–Kier alpha value is -1.35. The summed E-state index contributed by atoms with van der Waals surface area (Å²) in [4.78, 5) is 11.9. The molecule has 0 amide bonds. The standard InChI is InChI=1S/C14H21NO2/c1-5-10-8-6-7-9-11(10)12(15)13(16)17-14(2,3)4/h6-9,12H,5,15H2,1-4H3. The van der Waals surface area contributed by atoms with Crippen LogP contribution in [-0.4, -0.2) is 11.6 Å². The van der Waals surface area contributed by atoms with Gasteiger partial charge in [0.15, 0.2) is 0 Å². The molecule has 0 bridgehead atoms. The van der Waals surface area contributed by atoms with Gasteiger partial charge in [0.1, 0.15) is 11.6 Å². The molecule has 1 rings (SSSR count). The lowest BCUT2D eigenvalue weighted by molar-refractivity contribution is -0.156. The van der Waals surface area contributed by atoms with E-state index in [1.807, 2.05) is 52.0 Å². The first-order valence-corrected chi connectivity index (χ1v) is 5.91. The van der Waals surface area contributed by atoms with Crippen LogP contribution in [0.5, 0.6) is 0 Å². The average Bonchev–Trinajstić information content (AvgIpc) is 2.25. The SMILES string of the molecule is CCc1ccccc1C(N)C(=O)OC(C)(C)C. The minimum Gasteiger partial charge on any atom is -0.459 e. The first kappa shape index (κ1) is 13.7. The van der Waals surface area contributed by atoms with E-state index in [1.54, 1.807) is 0 Å². The summed E-state index contributed by atoms with van der Waals surface area (Å²) >= 11 is 0. The van der Waals surface area contributed by atoms with Crippen LogP contribution in [0.25, 0.3) is 0 Å². The van der Waals surface area contributed by atoms with Crippen LogP contribution in [0.4, 0.5) is 0 Å². The number of ether oxygens (including phenoxy) is 1. The second-order valence-corrected chi connectivity index (χ2v) is 5.06. The Labute approximate surface area is 103 Å². The predicted octanol–water partition coefficient (Wildman–Crippen LogP) is 2.59. The number of carbonyl (C=O) groups excluding carboxylic acids is 1. The second kappa shape index (κ2) is 5.32. The number of aryl methyl sites for hydroxylation is 1. The van der Waals surface area contributed by atoms with Crippen molar-refractivity contribution >= 4 is 5.97 Å². The van der Waals surface area contributed by atoms with Crippen molar-refractivity contribution in [3.05, 3.63) is 35.4 Å². The van der Waals surface area contributed by atoms with E-state index < -0.39 is 11.6 Å². The molecule has 0 aliphatic carbocycles. The molecular weight excluding hydrogens is 214 g/mol. The number of hydrogen-bond donors (Lipinski definition) is 1. The highest BCUT2D eigenvalue weighted by molar-refractivity contribution is 5.78. The number of esters is 1. The summed E-state index contributed by atoms with van der Waals surface area (Å²) in [5.74, 6) is -0.376. The summed E-state index contributed by atoms with van der Waals surface area (Å²) in [5.41, 5.74) is 7.38. The van der Waals surface area contributed by atoms with E-state index in [2.05, 4.69) is 0 Å². The zero-order valence-corrected chi connectivity index (χ0v) is 11.0. The number of benzene rings is 1. The largest absolute Gasteiger partial charge is 0.459 e. The normalized spacial score (nSPS) is 13.2. The topological polar surface area (TPSA) is 52.3 Å². The Morgan fingerprint density at radius 3 is 2.47 bits per heavy atom. The van der Waals surface area contributed by atoms with Crippen LogP contribution in [0.15, 0.2) is 24.3 Å². The molecule has 0 radical (unpaired) electrons. The smallest absolute Gasteiger partial charge is 0.328 e. The first-order chi connectivity index (χ1) is 7.85. The molecule has 94 valence electrons. The summed E-state index contributed by atoms with van der Waals surface area (Å²) < 4.78 is 5.29. The van der Waals surface area contributed by atoms with Gasteiger partial charge in [-0.3, -0.25) is 0 Å². The minimum atomic E-state index is -0.703. The Kier molecular flexibility index (Phi) is 4.29. The fourth-order valence-electron chi connectivity index (χ4n) is 1.65. The van der Waals surface area contributed by atoms with Crippen LogP contribution in [0, 0.1) is 0 Å². The van der Waals surface area contributed by atoms with E-state index in [1.165, 1.54) is 0 Å². The third kappa shape index (κ3) is 3.86. The maximum Gasteiger partial charge on any atom is 0.328 e. The third-order valence-corrected chi connectivity index (χ3v) is 2.43. The molecule has 0 saturated heterocycles. The van der Waals surface area contributed by atoms with E-state index in [9.17, 15) is 4.79 Å². The quantitative estimate of drug-likeness (QED) is 0.819. The van der Waals surface area contributed by atoms with Gasteiger partial charge in [0.25, 0.3) is 0 Å². The molecule has 0 fully saturated rings. The van der Waals surface area contributed by atoms with Crippen molar-refractivity contribution in [3.8, 4) is 0 Å². The maximum atomic E-state index is 11.9. The molecular formula is C14H21NO2. The van der Waals surface area contributed by atoms with Gasteiger partial charge in [-0.25, -0.2) is 4.79 Å². The number of carbonyl (C=O) groups is 1. The predicted molar refractivity (Wildman–Crippen MR) is 68.6 cm³/mol. The van der Waals surface area contributed by atoms with E-state index in [0.29, 0.717) is 0 Å². The third-order valence-electron chi connectivity index (χ3n) is 2.43. The zero-order valence-electron chi connectivity index (χ0n) is 11.0. The van der Waals surface area contributed by atoms with Gasteiger partial charge in [0.05, 0.1) is 0 Å². The summed E-state index contributed by atoms with van der Waals surface area (Å²) in [5, 5.41) is 0. The zero-order chi connectivity index (χ0) is 13.1. The highest BCUT2D eigenvalue weighted by atomic mass is 16.6. The molecule has 1 aromatic rings. The Morgan fingerprint density at radius 2 is 1.94 bits per heavy atom. The van der Waals surface area contributed by atoms with Gasteiger partial charge in [0.2, 0.25) is 0 Å². The molecule has 0 spiro atoms. The Morgan fingerprint density at radius 1 is 1.35 bits per heavy atom. The van der Waals surface area contributed by atoms with Crippen molar-refractivity contribution in [1.82, 2.24) is 0 Å². The number of hydrogen-bond acceptors (Lipinski definition) is 3. The molecule has 0 saturated carbocycles. The fraction of sp³-hybridized carbons (Fsp3) is 0.500. The van der Waals surface area contributed by atoms with Crippen LogP contribution >= 0.6 is 0 Å². The second-order valence-electron chi connectivity index (χ2n) is 5.06. The molecule has 1 unspecified atom stereocenters. The molecule has 0 aliphatic rings. The van der Waals surface area contributed by atoms with Gasteiger partial charge >= 0.3 is 5.97 Å². The molecule has 3 heteroatoms. The lowest BCUT2D eigenvalue weighted by Gasteiger charge is -2.23. The van der Waals surface area contributed by atoms with Crippen molar-refractivity contribution in [2.45, 2.75) is 45.8 Å². The van der Waals surface area contributed by atoms with Crippen molar-refractivity contribution in [2.75, 3.05) is 0 Å². The van der Waals surface area contributed by atoms with E-state index in [4.69, 9.17) is 10.5 Å². The lowest BCUT2D eigenvalue weighted by atomic mass is 9.99. The molecule has 0 heterocycles. The summed E-state index contributed by atoms with van der Waals surface area (Å²) in [6.45, 7) is 7.55.